The molecule has 0 fully saturated rings. The standard InChI is InChI=1S/C13H19BrN2O/c1-10-5-6-11(14)9-12(10)13(17)16(3)8-4-7-15-2/h5-6,9,15H,4,7-8H2,1-3H3. The summed E-state index contributed by atoms with van der Waals surface area (Å²) in [6.07, 6.45) is 0.964. The predicted octanol–water partition coefficient (Wildman–Crippen LogP) is 2.44. The van der Waals surface area contributed by atoms with Crippen LogP contribution in [0.1, 0.15) is 22.3 Å². The maximum atomic E-state index is 12.2. The minimum absolute atomic E-state index is 0.0832. The lowest BCUT2D eigenvalue weighted by Crippen LogP contribution is -2.29. The molecular weight excluding hydrogens is 280 g/mol. The average Bonchev–Trinajstić information content (AvgIpc) is 2.31. The van der Waals surface area contributed by atoms with Gasteiger partial charge in [-0.05, 0) is 44.6 Å². The maximum Gasteiger partial charge on any atom is 0.253 e. The Labute approximate surface area is 111 Å². The molecule has 1 N–H and O–H groups in total. The Kier molecular flexibility index (Phi) is 5.65. The molecule has 0 aliphatic heterocycles. The lowest BCUT2D eigenvalue weighted by molar-refractivity contribution is 0.0793. The second-order valence-corrected chi connectivity index (χ2v) is 5.06. The smallest absolute Gasteiger partial charge is 0.253 e. The highest BCUT2D eigenvalue weighted by Crippen LogP contribution is 2.17. The molecule has 1 aromatic rings. The van der Waals surface area contributed by atoms with Gasteiger partial charge in [-0.25, -0.2) is 0 Å². The number of nitrogens with zero attached hydrogens (tertiary/aromatic N) is 1. The fourth-order valence-corrected chi connectivity index (χ4v) is 1.99. The first kappa shape index (κ1) is 14.2. The second kappa shape index (κ2) is 6.77. The van der Waals surface area contributed by atoms with Crippen LogP contribution in [-0.4, -0.2) is 38.0 Å². The number of halogens is 1. The zero-order chi connectivity index (χ0) is 12.8. The molecule has 0 unspecified atom stereocenters. The van der Waals surface area contributed by atoms with E-state index in [0.29, 0.717) is 0 Å². The molecule has 0 spiro atoms. The van der Waals surface area contributed by atoms with Crippen molar-refractivity contribution in [3.63, 3.8) is 0 Å². The predicted molar refractivity (Wildman–Crippen MR) is 74.4 cm³/mol. The van der Waals surface area contributed by atoms with Crippen LogP contribution in [-0.2, 0) is 0 Å². The van der Waals surface area contributed by atoms with Crippen molar-refractivity contribution in [3.05, 3.63) is 33.8 Å². The first-order chi connectivity index (χ1) is 8.06. The summed E-state index contributed by atoms with van der Waals surface area (Å²) in [4.78, 5) is 14.0. The Balaban J connectivity index is 2.71. The van der Waals surface area contributed by atoms with Gasteiger partial charge in [-0.3, -0.25) is 4.79 Å². The summed E-state index contributed by atoms with van der Waals surface area (Å²) in [5, 5.41) is 3.08. The van der Waals surface area contributed by atoms with Gasteiger partial charge in [-0.1, -0.05) is 22.0 Å². The molecule has 0 bridgehead atoms. The number of amides is 1. The third kappa shape index (κ3) is 4.13. The SMILES string of the molecule is CNCCCN(C)C(=O)c1cc(Br)ccc1C. The van der Waals surface area contributed by atoms with E-state index in [1.54, 1.807) is 4.90 Å². The molecule has 0 aliphatic rings. The van der Waals surface area contributed by atoms with E-state index in [1.807, 2.05) is 39.2 Å². The van der Waals surface area contributed by atoms with Crippen LogP contribution in [0.4, 0.5) is 0 Å². The average molecular weight is 299 g/mol. The lowest BCUT2D eigenvalue weighted by atomic mass is 10.1. The van der Waals surface area contributed by atoms with Crippen LogP contribution in [0.25, 0.3) is 0 Å². The second-order valence-electron chi connectivity index (χ2n) is 4.14. The number of aryl methyl sites for hydroxylation is 1. The van der Waals surface area contributed by atoms with Crippen molar-refractivity contribution in [2.75, 3.05) is 27.2 Å². The van der Waals surface area contributed by atoms with Gasteiger partial charge in [-0.15, -0.1) is 0 Å². The van der Waals surface area contributed by atoms with Gasteiger partial charge in [0.05, 0.1) is 0 Å². The summed E-state index contributed by atoms with van der Waals surface area (Å²) in [6, 6.07) is 5.79. The van der Waals surface area contributed by atoms with E-state index in [2.05, 4.69) is 21.2 Å². The molecule has 0 saturated carbocycles. The van der Waals surface area contributed by atoms with Gasteiger partial charge in [0, 0.05) is 23.6 Å². The summed E-state index contributed by atoms with van der Waals surface area (Å²) in [5.74, 6) is 0.0832. The number of benzene rings is 1. The van der Waals surface area contributed by atoms with Crippen molar-refractivity contribution in [2.24, 2.45) is 0 Å². The van der Waals surface area contributed by atoms with Crippen molar-refractivity contribution < 1.29 is 4.79 Å². The molecule has 0 saturated heterocycles. The van der Waals surface area contributed by atoms with Crippen molar-refractivity contribution in [1.29, 1.82) is 0 Å². The van der Waals surface area contributed by atoms with E-state index in [9.17, 15) is 4.79 Å². The zero-order valence-electron chi connectivity index (χ0n) is 10.6. The molecular formula is C13H19BrN2O. The molecule has 1 amide bonds. The molecule has 1 aromatic carbocycles. The van der Waals surface area contributed by atoms with Gasteiger partial charge in [0.25, 0.3) is 5.91 Å². The fourth-order valence-electron chi connectivity index (χ4n) is 1.62. The number of nitrogens with one attached hydrogen (secondary N) is 1. The lowest BCUT2D eigenvalue weighted by Gasteiger charge is -2.18. The van der Waals surface area contributed by atoms with Gasteiger partial charge in [0.2, 0.25) is 0 Å². The molecule has 17 heavy (non-hydrogen) atoms. The Morgan fingerprint density at radius 3 is 2.82 bits per heavy atom. The highest BCUT2D eigenvalue weighted by molar-refractivity contribution is 9.10. The fraction of sp³-hybridized carbons (Fsp3) is 0.462. The number of carbonyl (C=O) groups excluding carboxylic acids is 1. The Bertz CT molecular complexity index is 393. The molecule has 1 rings (SSSR count). The molecule has 0 heterocycles. The zero-order valence-corrected chi connectivity index (χ0v) is 12.2. The largest absolute Gasteiger partial charge is 0.342 e. The quantitative estimate of drug-likeness (QED) is 0.847. The number of carbonyl (C=O) groups is 1. The van der Waals surface area contributed by atoms with E-state index in [4.69, 9.17) is 0 Å². The van der Waals surface area contributed by atoms with E-state index in [1.165, 1.54) is 0 Å². The summed E-state index contributed by atoms with van der Waals surface area (Å²) in [6.45, 7) is 3.65. The minimum Gasteiger partial charge on any atom is -0.342 e. The Morgan fingerprint density at radius 1 is 1.47 bits per heavy atom. The molecule has 0 atom stereocenters. The minimum atomic E-state index is 0.0832. The van der Waals surface area contributed by atoms with Crippen molar-refractivity contribution in [1.82, 2.24) is 10.2 Å². The Hall–Kier alpha value is -0.870. The van der Waals surface area contributed by atoms with Crippen LogP contribution in [0, 0.1) is 6.92 Å². The van der Waals surface area contributed by atoms with E-state index in [0.717, 1.165) is 35.1 Å². The van der Waals surface area contributed by atoms with Crippen LogP contribution < -0.4 is 5.32 Å². The van der Waals surface area contributed by atoms with Gasteiger partial charge in [0.15, 0.2) is 0 Å². The first-order valence-corrected chi connectivity index (χ1v) is 6.51. The van der Waals surface area contributed by atoms with Crippen molar-refractivity contribution in [3.8, 4) is 0 Å². The molecule has 94 valence electrons. The number of hydrogen-bond donors (Lipinski definition) is 1. The summed E-state index contributed by atoms with van der Waals surface area (Å²) >= 11 is 3.40. The molecule has 0 aromatic heterocycles. The maximum absolute atomic E-state index is 12.2. The summed E-state index contributed by atoms with van der Waals surface area (Å²) in [5.41, 5.74) is 1.78. The molecule has 4 heteroatoms. The normalized spacial score (nSPS) is 10.4. The summed E-state index contributed by atoms with van der Waals surface area (Å²) in [7, 11) is 3.76. The van der Waals surface area contributed by atoms with Crippen LogP contribution in [0.5, 0.6) is 0 Å². The number of rotatable bonds is 5. The third-order valence-electron chi connectivity index (χ3n) is 2.70. The van der Waals surface area contributed by atoms with E-state index >= 15 is 0 Å². The van der Waals surface area contributed by atoms with Crippen molar-refractivity contribution >= 4 is 21.8 Å². The van der Waals surface area contributed by atoms with Gasteiger partial charge in [-0.2, -0.15) is 0 Å². The monoisotopic (exact) mass is 298 g/mol. The summed E-state index contributed by atoms with van der Waals surface area (Å²) < 4.78 is 0.940. The van der Waals surface area contributed by atoms with E-state index < -0.39 is 0 Å². The number of hydrogen-bond acceptors (Lipinski definition) is 2. The van der Waals surface area contributed by atoms with Gasteiger partial charge < -0.3 is 10.2 Å². The van der Waals surface area contributed by atoms with Crippen molar-refractivity contribution in [2.45, 2.75) is 13.3 Å². The highest BCUT2D eigenvalue weighted by atomic mass is 79.9. The van der Waals surface area contributed by atoms with Crippen LogP contribution in [0.2, 0.25) is 0 Å². The van der Waals surface area contributed by atoms with Gasteiger partial charge >= 0.3 is 0 Å². The molecule has 3 nitrogen and oxygen atoms in total. The molecule has 0 radical (unpaired) electrons. The molecule has 0 aliphatic carbocycles. The van der Waals surface area contributed by atoms with Crippen LogP contribution >= 0.6 is 15.9 Å². The van der Waals surface area contributed by atoms with Gasteiger partial charge in [0.1, 0.15) is 0 Å². The third-order valence-corrected chi connectivity index (χ3v) is 3.19. The topological polar surface area (TPSA) is 32.3 Å². The van der Waals surface area contributed by atoms with Crippen LogP contribution in [0.15, 0.2) is 22.7 Å². The van der Waals surface area contributed by atoms with Crippen LogP contribution in [0.3, 0.4) is 0 Å². The Morgan fingerprint density at radius 2 is 2.18 bits per heavy atom. The first-order valence-electron chi connectivity index (χ1n) is 5.72. The van der Waals surface area contributed by atoms with E-state index in [-0.39, 0.29) is 5.91 Å². The highest BCUT2D eigenvalue weighted by Gasteiger charge is 2.13.